The lowest BCUT2D eigenvalue weighted by molar-refractivity contribution is 0.0944. The molecule has 17 heavy (non-hydrogen) atoms. The van der Waals surface area contributed by atoms with E-state index in [2.05, 4.69) is 15.5 Å². The molecule has 92 valence electrons. The van der Waals surface area contributed by atoms with Crippen LogP contribution in [0.5, 0.6) is 0 Å². The minimum Gasteiger partial charge on any atom is -0.409 e. The zero-order valence-corrected chi connectivity index (χ0v) is 9.22. The van der Waals surface area contributed by atoms with E-state index in [0.29, 0.717) is 6.42 Å². The molecule has 1 rings (SSSR count). The van der Waals surface area contributed by atoms with Gasteiger partial charge >= 0.3 is 0 Å². The molecule has 1 aromatic rings. The lowest BCUT2D eigenvalue weighted by Crippen LogP contribution is -2.44. The normalized spacial score (nSPS) is 13.2. The summed E-state index contributed by atoms with van der Waals surface area (Å²) in [5.41, 5.74) is 5.46. The summed E-state index contributed by atoms with van der Waals surface area (Å²) in [6, 6.07) is 0.456. The average molecular weight is 240 g/mol. The monoisotopic (exact) mass is 240 g/mol. The van der Waals surface area contributed by atoms with Gasteiger partial charge in [0.2, 0.25) is 0 Å². The zero-order valence-electron chi connectivity index (χ0n) is 9.22. The van der Waals surface area contributed by atoms with E-state index in [1.54, 1.807) is 6.92 Å². The Bertz CT molecular complexity index is 436. The first-order chi connectivity index (χ1) is 8.08. The molecule has 0 saturated heterocycles. The predicted molar refractivity (Wildman–Crippen MR) is 59.1 cm³/mol. The number of nitrogens with two attached hydrogens (primary N) is 1. The molecule has 0 radical (unpaired) electrons. The van der Waals surface area contributed by atoms with Crippen LogP contribution in [-0.4, -0.2) is 28.0 Å². The highest BCUT2D eigenvalue weighted by Crippen LogP contribution is 2.02. The molecular weight excluding hydrogens is 227 g/mol. The van der Waals surface area contributed by atoms with Crippen molar-refractivity contribution < 1.29 is 14.4 Å². The van der Waals surface area contributed by atoms with E-state index in [0.717, 1.165) is 12.3 Å². The number of rotatable bonds is 4. The third-order valence-electron chi connectivity index (χ3n) is 2.15. The Hall–Kier alpha value is -2.18. The van der Waals surface area contributed by atoms with Crippen LogP contribution in [0.15, 0.2) is 23.6 Å². The lowest BCUT2D eigenvalue weighted by atomic mass is 10.2. The largest absolute Gasteiger partial charge is 0.409 e. The molecule has 0 saturated carbocycles. The van der Waals surface area contributed by atoms with Crippen LogP contribution < -0.4 is 11.1 Å². The number of aromatic nitrogens is 1. The smallest absolute Gasteiger partial charge is 0.253 e. The van der Waals surface area contributed by atoms with Crippen LogP contribution in [0.2, 0.25) is 0 Å². The summed E-state index contributed by atoms with van der Waals surface area (Å²) in [4.78, 5) is 15.2. The molecule has 7 heteroatoms. The Kier molecular flexibility index (Phi) is 4.38. The van der Waals surface area contributed by atoms with E-state index in [-0.39, 0.29) is 11.4 Å². The second kappa shape index (κ2) is 5.78. The van der Waals surface area contributed by atoms with Gasteiger partial charge in [0, 0.05) is 6.20 Å². The van der Waals surface area contributed by atoms with Crippen LogP contribution in [0.3, 0.4) is 0 Å². The first-order valence-electron chi connectivity index (χ1n) is 4.97. The van der Waals surface area contributed by atoms with E-state index in [1.165, 1.54) is 6.20 Å². The predicted octanol–water partition coefficient (Wildman–Crippen LogP) is 0.475. The lowest BCUT2D eigenvalue weighted by Gasteiger charge is -2.14. The molecule has 1 aromatic heterocycles. The van der Waals surface area contributed by atoms with Gasteiger partial charge in [-0.05, 0) is 12.5 Å². The van der Waals surface area contributed by atoms with Gasteiger partial charge in [-0.3, -0.25) is 9.78 Å². The summed E-state index contributed by atoms with van der Waals surface area (Å²) in [6.07, 6.45) is 2.68. The van der Waals surface area contributed by atoms with Crippen LogP contribution in [0.25, 0.3) is 0 Å². The van der Waals surface area contributed by atoms with Crippen LogP contribution in [-0.2, 0) is 0 Å². The van der Waals surface area contributed by atoms with Crippen LogP contribution in [0, 0.1) is 5.82 Å². The second-order valence-electron chi connectivity index (χ2n) is 3.35. The molecule has 0 aliphatic rings. The van der Waals surface area contributed by atoms with Gasteiger partial charge in [0.05, 0.1) is 17.8 Å². The Morgan fingerprint density at radius 2 is 2.41 bits per heavy atom. The highest BCUT2D eigenvalue weighted by Gasteiger charge is 2.16. The molecule has 4 N–H and O–H groups in total. The fraction of sp³-hybridized carbons (Fsp3) is 0.300. The van der Waals surface area contributed by atoms with Gasteiger partial charge < -0.3 is 16.3 Å². The molecular formula is C10H13FN4O2. The summed E-state index contributed by atoms with van der Waals surface area (Å²) in [5.74, 6) is -1.24. The van der Waals surface area contributed by atoms with Gasteiger partial charge in [0.1, 0.15) is 5.82 Å². The molecule has 1 atom stereocenters. The van der Waals surface area contributed by atoms with E-state index in [9.17, 15) is 9.18 Å². The maximum absolute atomic E-state index is 12.8. The van der Waals surface area contributed by atoms with Crippen molar-refractivity contribution in [3.05, 3.63) is 29.8 Å². The van der Waals surface area contributed by atoms with Crippen molar-refractivity contribution in [3.8, 4) is 0 Å². The fourth-order valence-electron chi connectivity index (χ4n) is 1.23. The maximum atomic E-state index is 12.8. The summed E-state index contributed by atoms with van der Waals surface area (Å²) in [7, 11) is 0. The van der Waals surface area contributed by atoms with Gasteiger partial charge in [-0.15, -0.1) is 0 Å². The minimum absolute atomic E-state index is 0.0780. The Labute approximate surface area is 97.3 Å². The average Bonchev–Trinajstić information content (AvgIpc) is 2.34. The number of halogens is 1. The van der Waals surface area contributed by atoms with Crippen molar-refractivity contribution >= 4 is 11.7 Å². The maximum Gasteiger partial charge on any atom is 0.253 e. The minimum atomic E-state index is -0.602. The van der Waals surface area contributed by atoms with Crippen molar-refractivity contribution in [2.45, 2.75) is 19.4 Å². The van der Waals surface area contributed by atoms with Crippen LogP contribution in [0.1, 0.15) is 23.7 Å². The number of oxime groups is 1. The number of amides is 1. The second-order valence-corrected chi connectivity index (χ2v) is 3.35. The molecule has 0 fully saturated rings. The number of carbonyl (C=O) groups is 1. The number of hydrogen-bond donors (Lipinski definition) is 3. The molecule has 0 spiro atoms. The number of pyridine rings is 1. The van der Waals surface area contributed by atoms with E-state index < -0.39 is 17.8 Å². The Balaban J connectivity index is 2.78. The molecule has 0 bridgehead atoms. The van der Waals surface area contributed by atoms with Gasteiger partial charge in [0.15, 0.2) is 5.84 Å². The van der Waals surface area contributed by atoms with Crippen molar-refractivity contribution in [1.82, 2.24) is 10.3 Å². The molecule has 1 amide bonds. The van der Waals surface area contributed by atoms with Crippen molar-refractivity contribution in [2.75, 3.05) is 0 Å². The van der Waals surface area contributed by atoms with Gasteiger partial charge in [-0.1, -0.05) is 12.1 Å². The van der Waals surface area contributed by atoms with Crippen molar-refractivity contribution in [2.24, 2.45) is 10.9 Å². The third kappa shape index (κ3) is 3.40. The third-order valence-corrected chi connectivity index (χ3v) is 2.15. The van der Waals surface area contributed by atoms with E-state index in [4.69, 9.17) is 10.9 Å². The fourth-order valence-corrected chi connectivity index (χ4v) is 1.23. The van der Waals surface area contributed by atoms with Crippen molar-refractivity contribution in [1.29, 1.82) is 0 Å². The zero-order chi connectivity index (χ0) is 12.8. The summed E-state index contributed by atoms with van der Waals surface area (Å²) in [6.45, 7) is 1.76. The van der Waals surface area contributed by atoms with Crippen LogP contribution >= 0.6 is 0 Å². The highest BCUT2D eigenvalue weighted by molar-refractivity contribution is 5.97. The standard InChI is InChI=1S/C10H13FN4O2/c1-2-8(9(12)15-17)14-10(16)6-3-7(11)5-13-4-6/h3-5,8,17H,2H2,1H3,(H2,12,15)(H,14,16). The van der Waals surface area contributed by atoms with Gasteiger partial charge in [-0.2, -0.15) is 0 Å². The molecule has 6 nitrogen and oxygen atoms in total. The quantitative estimate of drug-likeness (QED) is 0.308. The Morgan fingerprint density at radius 1 is 1.71 bits per heavy atom. The van der Waals surface area contributed by atoms with E-state index in [1.807, 2.05) is 0 Å². The van der Waals surface area contributed by atoms with Crippen molar-refractivity contribution in [3.63, 3.8) is 0 Å². The summed E-state index contributed by atoms with van der Waals surface area (Å²) >= 11 is 0. The van der Waals surface area contributed by atoms with Gasteiger partial charge in [0.25, 0.3) is 5.91 Å². The number of amidine groups is 1. The number of nitrogens with zero attached hydrogens (tertiary/aromatic N) is 2. The topological polar surface area (TPSA) is 101 Å². The number of nitrogens with one attached hydrogen (secondary N) is 1. The summed E-state index contributed by atoms with van der Waals surface area (Å²) in [5, 5.41) is 13.8. The summed E-state index contributed by atoms with van der Waals surface area (Å²) < 4.78 is 12.8. The van der Waals surface area contributed by atoms with Crippen LogP contribution in [0.4, 0.5) is 4.39 Å². The molecule has 1 unspecified atom stereocenters. The molecule has 0 aliphatic heterocycles. The molecule has 0 aromatic carbocycles. The molecule has 1 heterocycles. The number of carbonyl (C=O) groups excluding carboxylic acids is 1. The highest BCUT2D eigenvalue weighted by atomic mass is 19.1. The first-order valence-corrected chi connectivity index (χ1v) is 4.97. The Morgan fingerprint density at radius 3 is 2.94 bits per heavy atom. The molecule has 0 aliphatic carbocycles. The SMILES string of the molecule is CCC(NC(=O)c1cncc(F)c1)/C(N)=N/O. The first kappa shape index (κ1) is 12.9. The number of hydrogen-bond acceptors (Lipinski definition) is 4. The van der Waals surface area contributed by atoms with E-state index >= 15 is 0 Å². The van der Waals surface area contributed by atoms with Gasteiger partial charge in [-0.25, -0.2) is 4.39 Å².